The van der Waals surface area contributed by atoms with E-state index in [2.05, 4.69) is 25.2 Å². The van der Waals surface area contributed by atoms with E-state index in [0.717, 1.165) is 47.6 Å². The van der Waals surface area contributed by atoms with E-state index in [0.29, 0.717) is 0 Å². The molecule has 0 radical (unpaired) electrons. The van der Waals surface area contributed by atoms with Crippen molar-refractivity contribution in [2.45, 2.75) is 32.7 Å². The van der Waals surface area contributed by atoms with Crippen molar-refractivity contribution in [1.29, 1.82) is 0 Å². The molecular weight excluding hydrogens is 254 g/mol. The van der Waals surface area contributed by atoms with Crippen LogP contribution in [0.15, 0.2) is 22.6 Å². The number of benzene rings is 1. The standard InChI is InChI=1S/C16H23NO3/c1-5-7-13(17-6-2)16-10-12-14(19-4)8-11(18-3)9-15(12)20-16/h8-10,13,17H,5-7H2,1-4H3. The summed E-state index contributed by atoms with van der Waals surface area (Å²) in [4.78, 5) is 0. The molecule has 0 saturated heterocycles. The van der Waals surface area contributed by atoms with Gasteiger partial charge in [0.15, 0.2) is 0 Å². The first-order valence-corrected chi connectivity index (χ1v) is 7.12. The van der Waals surface area contributed by atoms with Crippen molar-refractivity contribution >= 4 is 11.0 Å². The predicted octanol–water partition coefficient (Wildman–Crippen LogP) is 3.90. The van der Waals surface area contributed by atoms with E-state index >= 15 is 0 Å². The Morgan fingerprint density at radius 3 is 2.55 bits per heavy atom. The molecule has 4 heteroatoms. The molecule has 0 aliphatic heterocycles. The van der Waals surface area contributed by atoms with Crippen LogP contribution >= 0.6 is 0 Å². The molecule has 0 spiro atoms. The van der Waals surface area contributed by atoms with Crippen molar-refractivity contribution in [2.75, 3.05) is 20.8 Å². The zero-order valence-corrected chi connectivity index (χ0v) is 12.7. The van der Waals surface area contributed by atoms with Crippen molar-refractivity contribution in [3.63, 3.8) is 0 Å². The highest BCUT2D eigenvalue weighted by atomic mass is 16.5. The van der Waals surface area contributed by atoms with Crippen molar-refractivity contribution in [3.05, 3.63) is 24.0 Å². The maximum absolute atomic E-state index is 6.00. The summed E-state index contributed by atoms with van der Waals surface area (Å²) < 4.78 is 16.7. The van der Waals surface area contributed by atoms with Crippen LogP contribution in [0, 0.1) is 0 Å². The summed E-state index contributed by atoms with van der Waals surface area (Å²) in [5.41, 5.74) is 0.801. The Balaban J connectivity index is 2.45. The number of ether oxygens (including phenoxy) is 2. The van der Waals surface area contributed by atoms with Crippen molar-refractivity contribution in [2.24, 2.45) is 0 Å². The fourth-order valence-electron chi connectivity index (χ4n) is 2.44. The van der Waals surface area contributed by atoms with Crippen LogP contribution in [0.3, 0.4) is 0 Å². The SMILES string of the molecule is CCCC(NCC)c1cc2c(OC)cc(OC)cc2o1. The van der Waals surface area contributed by atoms with E-state index in [4.69, 9.17) is 13.9 Å². The van der Waals surface area contributed by atoms with E-state index in [1.165, 1.54) is 0 Å². The van der Waals surface area contributed by atoms with Crippen LogP contribution in [0.25, 0.3) is 11.0 Å². The Kier molecular flexibility index (Phi) is 4.90. The van der Waals surface area contributed by atoms with Crippen molar-refractivity contribution in [1.82, 2.24) is 5.32 Å². The van der Waals surface area contributed by atoms with E-state index in [1.54, 1.807) is 14.2 Å². The summed E-state index contributed by atoms with van der Waals surface area (Å²) in [6, 6.07) is 6.09. The maximum Gasteiger partial charge on any atom is 0.141 e. The number of hydrogen-bond acceptors (Lipinski definition) is 4. The monoisotopic (exact) mass is 277 g/mol. The molecule has 1 atom stereocenters. The van der Waals surface area contributed by atoms with Gasteiger partial charge in [-0.2, -0.15) is 0 Å². The number of fused-ring (bicyclic) bond motifs is 1. The summed E-state index contributed by atoms with van der Waals surface area (Å²) in [5.74, 6) is 2.47. The fourth-order valence-corrected chi connectivity index (χ4v) is 2.44. The Morgan fingerprint density at radius 2 is 1.95 bits per heavy atom. The van der Waals surface area contributed by atoms with Gasteiger partial charge in [0, 0.05) is 12.1 Å². The van der Waals surface area contributed by atoms with Gasteiger partial charge in [0.25, 0.3) is 0 Å². The Morgan fingerprint density at radius 1 is 1.15 bits per heavy atom. The lowest BCUT2D eigenvalue weighted by Gasteiger charge is -2.13. The minimum Gasteiger partial charge on any atom is -0.496 e. The molecule has 1 aromatic carbocycles. The van der Waals surface area contributed by atoms with Gasteiger partial charge in [-0.05, 0) is 19.0 Å². The molecule has 4 nitrogen and oxygen atoms in total. The van der Waals surface area contributed by atoms with Gasteiger partial charge in [0.2, 0.25) is 0 Å². The topological polar surface area (TPSA) is 43.6 Å². The van der Waals surface area contributed by atoms with Gasteiger partial charge in [-0.1, -0.05) is 20.3 Å². The highest BCUT2D eigenvalue weighted by Crippen LogP contribution is 2.35. The van der Waals surface area contributed by atoms with Crippen LogP contribution < -0.4 is 14.8 Å². The molecule has 110 valence electrons. The molecule has 1 aromatic heterocycles. The normalized spacial score (nSPS) is 12.6. The third kappa shape index (κ3) is 2.90. The van der Waals surface area contributed by atoms with Crippen LogP contribution in [-0.2, 0) is 0 Å². The van der Waals surface area contributed by atoms with Gasteiger partial charge in [0.05, 0.1) is 25.6 Å². The van der Waals surface area contributed by atoms with Crippen LogP contribution in [0.2, 0.25) is 0 Å². The average Bonchev–Trinajstić information content (AvgIpc) is 2.89. The second kappa shape index (κ2) is 6.66. The number of methoxy groups -OCH3 is 2. The second-order valence-electron chi connectivity index (χ2n) is 4.79. The summed E-state index contributed by atoms with van der Waals surface area (Å²) in [5, 5.41) is 4.45. The molecule has 0 fully saturated rings. The first-order chi connectivity index (χ1) is 9.73. The van der Waals surface area contributed by atoms with E-state index in [-0.39, 0.29) is 6.04 Å². The first-order valence-electron chi connectivity index (χ1n) is 7.12. The average molecular weight is 277 g/mol. The van der Waals surface area contributed by atoms with Gasteiger partial charge in [-0.3, -0.25) is 0 Å². The summed E-state index contributed by atoms with van der Waals surface area (Å²) in [6.45, 7) is 5.20. The lowest BCUT2D eigenvalue weighted by molar-refractivity contribution is 0.395. The molecule has 0 aliphatic carbocycles. The van der Waals surface area contributed by atoms with Crippen LogP contribution in [-0.4, -0.2) is 20.8 Å². The molecule has 20 heavy (non-hydrogen) atoms. The largest absolute Gasteiger partial charge is 0.496 e. The summed E-state index contributed by atoms with van der Waals surface area (Å²) in [6.07, 6.45) is 2.16. The molecule has 2 aromatic rings. The van der Waals surface area contributed by atoms with Crippen LogP contribution in [0.1, 0.15) is 38.5 Å². The third-order valence-electron chi connectivity index (χ3n) is 3.42. The Hall–Kier alpha value is -1.68. The second-order valence-corrected chi connectivity index (χ2v) is 4.79. The Bertz CT molecular complexity index is 556. The summed E-state index contributed by atoms with van der Waals surface area (Å²) in [7, 11) is 3.30. The van der Waals surface area contributed by atoms with Crippen LogP contribution in [0.5, 0.6) is 11.5 Å². The predicted molar refractivity (Wildman–Crippen MR) is 80.6 cm³/mol. The van der Waals surface area contributed by atoms with Gasteiger partial charge in [0.1, 0.15) is 22.8 Å². The number of rotatable bonds is 7. The van der Waals surface area contributed by atoms with Crippen molar-refractivity contribution in [3.8, 4) is 11.5 Å². The zero-order valence-electron chi connectivity index (χ0n) is 12.7. The zero-order chi connectivity index (χ0) is 14.5. The number of hydrogen-bond donors (Lipinski definition) is 1. The quantitative estimate of drug-likeness (QED) is 0.833. The fraction of sp³-hybridized carbons (Fsp3) is 0.500. The number of nitrogens with one attached hydrogen (secondary N) is 1. The lowest BCUT2D eigenvalue weighted by atomic mass is 10.1. The highest BCUT2D eigenvalue weighted by molar-refractivity contribution is 5.86. The molecule has 0 aliphatic rings. The van der Waals surface area contributed by atoms with E-state index in [9.17, 15) is 0 Å². The molecule has 1 N–H and O–H groups in total. The molecular formula is C16H23NO3. The molecule has 1 heterocycles. The van der Waals surface area contributed by atoms with Gasteiger partial charge in [-0.15, -0.1) is 0 Å². The smallest absolute Gasteiger partial charge is 0.141 e. The third-order valence-corrected chi connectivity index (χ3v) is 3.42. The highest BCUT2D eigenvalue weighted by Gasteiger charge is 2.17. The number of furan rings is 1. The molecule has 0 amide bonds. The van der Waals surface area contributed by atoms with Crippen LogP contribution in [0.4, 0.5) is 0 Å². The van der Waals surface area contributed by atoms with Gasteiger partial charge >= 0.3 is 0 Å². The summed E-state index contributed by atoms with van der Waals surface area (Å²) >= 11 is 0. The molecule has 1 unspecified atom stereocenters. The minimum atomic E-state index is 0.244. The Labute approximate surface area is 120 Å². The molecule has 0 saturated carbocycles. The molecule has 0 bridgehead atoms. The van der Waals surface area contributed by atoms with Gasteiger partial charge in [-0.25, -0.2) is 0 Å². The van der Waals surface area contributed by atoms with E-state index < -0.39 is 0 Å². The van der Waals surface area contributed by atoms with E-state index in [1.807, 2.05) is 12.1 Å². The first kappa shape index (κ1) is 14.7. The maximum atomic E-state index is 6.00. The lowest BCUT2D eigenvalue weighted by Crippen LogP contribution is -2.20. The minimum absolute atomic E-state index is 0.244. The van der Waals surface area contributed by atoms with Gasteiger partial charge < -0.3 is 19.2 Å². The molecule has 2 rings (SSSR count). The van der Waals surface area contributed by atoms with Crippen molar-refractivity contribution < 1.29 is 13.9 Å².